The predicted octanol–water partition coefficient (Wildman–Crippen LogP) is 3.59. The van der Waals surface area contributed by atoms with E-state index < -0.39 is 0 Å². The first-order valence-corrected chi connectivity index (χ1v) is 6.74. The van der Waals surface area contributed by atoms with E-state index in [2.05, 4.69) is 50.4 Å². The molecule has 0 unspecified atom stereocenters. The molecule has 0 aromatic heterocycles. The fourth-order valence-electron chi connectivity index (χ4n) is 1.83. The summed E-state index contributed by atoms with van der Waals surface area (Å²) < 4.78 is 5.84. The molecule has 1 aliphatic rings. The van der Waals surface area contributed by atoms with Gasteiger partial charge in [0, 0.05) is 18.2 Å². The third-order valence-corrected chi connectivity index (χ3v) is 3.10. The molecule has 1 fully saturated rings. The summed E-state index contributed by atoms with van der Waals surface area (Å²) in [5, 5.41) is 3.54. The normalized spacial score (nSPS) is 14.4. The Morgan fingerprint density at radius 2 is 2.17 bits per heavy atom. The summed E-state index contributed by atoms with van der Waals surface area (Å²) >= 11 is 0. The molecule has 0 radical (unpaired) electrons. The molecule has 98 valence electrons. The minimum Gasteiger partial charge on any atom is -0.489 e. The van der Waals surface area contributed by atoms with Gasteiger partial charge in [-0.2, -0.15) is 0 Å². The zero-order valence-corrected chi connectivity index (χ0v) is 11.6. The fraction of sp³-hybridized carbons (Fsp3) is 0.500. The minimum absolute atomic E-state index is 0.655. The standard InChI is InChI=1S/C16H23NO/c1-12(2)8-9-18-16-7-4-13(3)10-14(16)11-17-15-5-6-15/h4,7-8,10,15,17H,5-6,9,11H2,1-3H3. The molecule has 2 nitrogen and oxygen atoms in total. The lowest BCUT2D eigenvalue weighted by Crippen LogP contribution is -2.16. The van der Waals surface area contributed by atoms with Crippen LogP contribution in [0.3, 0.4) is 0 Å². The Balaban J connectivity index is 1.99. The zero-order chi connectivity index (χ0) is 13.0. The van der Waals surface area contributed by atoms with Gasteiger partial charge in [-0.05, 0) is 45.8 Å². The lowest BCUT2D eigenvalue weighted by atomic mass is 10.1. The Labute approximate surface area is 110 Å². The van der Waals surface area contributed by atoms with Crippen molar-refractivity contribution in [1.82, 2.24) is 5.32 Å². The van der Waals surface area contributed by atoms with Gasteiger partial charge in [0.1, 0.15) is 12.4 Å². The molecule has 1 N–H and O–H groups in total. The summed E-state index contributed by atoms with van der Waals surface area (Å²) in [6.45, 7) is 7.88. The lowest BCUT2D eigenvalue weighted by Gasteiger charge is -2.12. The van der Waals surface area contributed by atoms with Crippen LogP contribution < -0.4 is 10.1 Å². The Morgan fingerprint density at radius 1 is 1.39 bits per heavy atom. The van der Waals surface area contributed by atoms with Crippen LogP contribution in [-0.4, -0.2) is 12.6 Å². The lowest BCUT2D eigenvalue weighted by molar-refractivity contribution is 0.356. The number of hydrogen-bond donors (Lipinski definition) is 1. The molecule has 1 saturated carbocycles. The first kappa shape index (κ1) is 13.2. The topological polar surface area (TPSA) is 21.3 Å². The zero-order valence-electron chi connectivity index (χ0n) is 11.6. The van der Waals surface area contributed by atoms with Gasteiger partial charge in [0.25, 0.3) is 0 Å². The van der Waals surface area contributed by atoms with Crippen LogP contribution in [0, 0.1) is 6.92 Å². The smallest absolute Gasteiger partial charge is 0.124 e. The molecule has 0 spiro atoms. The summed E-state index contributed by atoms with van der Waals surface area (Å²) in [6, 6.07) is 7.14. The van der Waals surface area contributed by atoms with Gasteiger partial charge >= 0.3 is 0 Å². The van der Waals surface area contributed by atoms with E-state index in [0.717, 1.165) is 18.3 Å². The maximum Gasteiger partial charge on any atom is 0.124 e. The molecule has 0 atom stereocenters. The van der Waals surface area contributed by atoms with Gasteiger partial charge in [0.15, 0.2) is 0 Å². The van der Waals surface area contributed by atoms with Crippen LogP contribution in [0.4, 0.5) is 0 Å². The summed E-state index contributed by atoms with van der Waals surface area (Å²) in [5.41, 5.74) is 3.85. The second-order valence-corrected chi connectivity index (χ2v) is 5.36. The number of allylic oxidation sites excluding steroid dienone is 1. The Bertz CT molecular complexity index is 429. The summed E-state index contributed by atoms with van der Waals surface area (Å²) in [5.74, 6) is 1.01. The highest BCUT2D eigenvalue weighted by Crippen LogP contribution is 2.23. The molecular weight excluding hydrogens is 222 g/mol. The molecule has 2 rings (SSSR count). The molecule has 1 aromatic carbocycles. The first-order chi connectivity index (χ1) is 8.65. The number of aryl methyl sites for hydroxylation is 1. The number of hydrogen-bond acceptors (Lipinski definition) is 2. The van der Waals surface area contributed by atoms with E-state index in [0.29, 0.717) is 6.61 Å². The number of rotatable bonds is 6. The van der Waals surface area contributed by atoms with E-state index in [9.17, 15) is 0 Å². The molecule has 0 amide bonds. The molecule has 0 aliphatic heterocycles. The Kier molecular flexibility index (Phi) is 4.43. The molecule has 1 aromatic rings. The van der Waals surface area contributed by atoms with E-state index in [4.69, 9.17) is 4.74 Å². The molecule has 1 aliphatic carbocycles. The Hall–Kier alpha value is -1.28. The van der Waals surface area contributed by atoms with Crippen molar-refractivity contribution in [3.63, 3.8) is 0 Å². The van der Waals surface area contributed by atoms with Crippen LogP contribution in [0.2, 0.25) is 0 Å². The van der Waals surface area contributed by atoms with E-state index in [1.807, 2.05) is 0 Å². The van der Waals surface area contributed by atoms with Crippen LogP contribution in [-0.2, 0) is 6.54 Å². The molecule has 18 heavy (non-hydrogen) atoms. The third kappa shape index (κ3) is 4.19. The van der Waals surface area contributed by atoms with E-state index in [1.165, 1.54) is 29.5 Å². The highest BCUT2D eigenvalue weighted by atomic mass is 16.5. The maximum atomic E-state index is 5.84. The average molecular weight is 245 g/mol. The van der Waals surface area contributed by atoms with Gasteiger partial charge in [-0.15, -0.1) is 0 Å². The van der Waals surface area contributed by atoms with Crippen molar-refractivity contribution < 1.29 is 4.74 Å². The van der Waals surface area contributed by atoms with Gasteiger partial charge in [0.05, 0.1) is 0 Å². The predicted molar refractivity (Wildman–Crippen MR) is 76.0 cm³/mol. The highest BCUT2D eigenvalue weighted by Gasteiger charge is 2.20. The molecule has 0 saturated heterocycles. The average Bonchev–Trinajstić information content (AvgIpc) is 3.12. The van der Waals surface area contributed by atoms with Gasteiger partial charge in [0.2, 0.25) is 0 Å². The van der Waals surface area contributed by atoms with Crippen molar-refractivity contribution in [2.24, 2.45) is 0 Å². The molecule has 2 heteroatoms. The van der Waals surface area contributed by atoms with Crippen molar-refractivity contribution in [3.8, 4) is 5.75 Å². The molecule has 0 heterocycles. The van der Waals surface area contributed by atoms with E-state index in [1.54, 1.807) is 0 Å². The monoisotopic (exact) mass is 245 g/mol. The Morgan fingerprint density at radius 3 is 2.83 bits per heavy atom. The van der Waals surface area contributed by atoms with Crippen LogP contribution in [0.1, 0.15) is 37.8 Å². The van der Waals surface area contributed by atoms with Crippen LogP contribution in [0.5, 0.6) is 5.75 Å². The maximum absolute atomic E-state index is 5.84. The van der Waals surface area contributed by atoms with E-state index in [-0.39, 0.29) is 0 Å². The SMILES string of the molecule is CC(C)=CCOc1ccc(C)cc1CNC1CC1. The van der Waals surface area contributed by atoms with Crippen molar-refractivity contribution in [3.05, 3.63) is 41.0 Å². The van der Waals surface area contributed by atoms with Gasteiger partial charge in [-0.25, -0.2) is 0 Å². The number of ether oxygens (including phenoxy) is 1. The number of nitrogens with one attached hydrogen (secondary N) is 1. The molecular formula is C16H23NO. The number of benzene rings is 1. The molecule has 0 bridgehead atoms. The summed E-state index contributed by atoms with van der Waals surface area (Å²) in [4.78, 5) is 0. The van der Waals surface area contributed by atoms with Gasteiger partial charge < -0.3 is 10.1 Å². The quantitative estimate of drug-likeness (QED) is 0.773. The van der Waals surface area contributed by atoms with Gasteiger partial charge in [-0.3, -0.25) is 0 Å². The second kappa shape index (κ2) is 6.05. The van der Waals surface area contributed by atoms with Crippen LogP contribution in [0.25, 0.3) is 0 Å². The van der Waals surface area contributed by atoms with Gasteiger partial charge in [-0.1, -0.05) is 23.3 Å². The highest BCUT2D eigenvalue weighted by molar-refractivity contribution is 5.37. The minimum atomic E-state index is 0.655. The van der Waals surface area contributed by atoms with Crippen molar-refractivity contribution in [2.45, 2.75) is 46.2 Å². The first-order valence-electron chi connectivity index (χ1n) is 6.74. The van der Waals surface area contributed by atoms with Crippen LogP contribution >= 0.6 is 0 Å². The van der Waals surface area contributed by atoms with Crippen molar-refractivity contribution >= 4 is 0 Å². The third-order valence-electron chi connectivity index (χ3n) is 3.10. The largest absolute Gasteiger partial charge is 0.489 e. The summed E-state index contributed by atoms with van der Waals surface area (Å²) in [7, 11) is 0. The van der Waals surface area contributed by atoms with Crippen LogP contribution in [0.15, 0.2) is 29.8 Å². The summed E-state index contributed by atoms with van der Waals surface area (Å²) in [6.07, 6.45) is 4.75. The van der Waals surface area contributed by atoms with Crippen molar-refractivity contribution in [2.75, 3.05) is 6.61 Å². The van der Waals surface area contributed by atoms with Crippen molar-refractivity contribution in [1.29, 1.82) is 0 Å². The van der Waals surface area contributed by atoms with E-state index >= 15 is 0 Å². The second-order valence-electron chi connectivity index (χ2n) is 5.36. The fourth-order valence-corrected chi connectivity index (χ4v) is 1.83.